The van der Waals surface area contributed by atoms with Crippen molar-refractivity contribution >= 4 is 34.1 Å². The second-order valence-corrected chi connectivity index (χ2v) is 8.22. The molecule has 1 rings (SSSR count). The molecule has 0 spiro atoms. The highest BCUT2D eigenvalue weighted by Crippen LogP contribution is 2.20. The van der Waals surface area contributed by atoms with Crippen LogP contribution in [0.25, 0.3) is 0 Å². The van der Waals surface area contributed by atoms with Gasteiger partial charge in [-0.15, -0.1) is 12.4 Å². The number of sulfone groups is 1. The minimum absolute atomic E-state index is 0. The summed E-state index contributed by atoms with van der Waals surface area (Å²) in [6, 6.07) is 2.38. The maximum Gasteiger partial charge on any atom is 0.239 e. The molecule has 26 heavy (non-hydrogen) atoms. The number of halogens is 2. The van der Waals surface area contributed by atoms with Crippen LogP contribution in [-0.2, 0) is 19.4 Å². The highest BCUT2D eigenvalue weighted by atomic mass is 35.5. The van der Waals surface area contributed by atoms with E-state index in [9.17, 15) is 22.4 Å². The van der Waals surface area contributed by atoms with Crippen molar-refractivity contribution in [1.29, 1.82) is 0 Å². The Morgan fingerprint density at radius 3 is 2.27 bits per heavy atom. The molecule has 2 atom stereocenters. The van der Waals surface area contributed by atoms with Crippen LogP contribution >= 0.6 is 12.4 Å². The summed E-state index contributed by atoms with van der Waals surface area (Å²) in [6.45, 7) is 4.95. The van der Waals surface area contributed by atoms with Gasteiger partial charge in [-0.05, 0) is 30.5 Å². The van der Waals surface area contributed by atoms with Crippen LogP contribution < -0.4 is 16.4 Å². The fourth-order valence-electron chi connectivity index (χ4n) is 2.05. The summed E-state index contributed by atoms with van der Waals surface area (Å²) in [4.78, 5) is 23.2. The molecule has 4 N–H and O–H groups in total. The lowest BCUT2D eigenvalue weighted by molar-refractivity contribution is -0.127. The molecule has 0 bridgehead atoms. The van der Waals surface area contributed by atoms with E-state index >= 15 is 0 Å². The van der Waals surface area contributed by atoms with Gasteiger partial charge in [-0.3, -0.25) is 9.59 Å². The van der Waals surface area contributed by atoms with Gasteiger partial charge < -0.3 is 16.4 Å². The van der Waals surface area contributed by atoms with Crippen molar-refractivity contribution < 1.29 is 22.4 Å². The largest absolute Gasteiger partial charge is 0.348 e. The number of hydrogen-bond acceptors (Lipinski definition) is 5. The Morgan fingerprint density at radius 1 is 1.23 bits per heavy atom. The molecule has 0 heterocycles. The van der Waals surface area contributed by atoms with E-state index in [-0.39, 0.29) is 24.9 Å². The summed E-state index contributed by atoms with van der Waals surface area (Å²) >= 11 is 0. The third-order valence-corrected chi connectivity index (χ3v) is 4.81. The first kappa shape index (κ1) is 24.3. The molecule has 0 aliphatic heterocycles. The molecule has 0 aliphatic carbocycles. The number of nitrogens with two attached hydrogens (primary N) is 1. The van der Waals surface area contributed by atoms with Crippen molar-refractivity contribution in [2.75, 3.05) is 12.8 Å². The van der Waals surface area contributed by atoms with Crippen LogP contribution in [0.5, 0.6) is 0 Å². The van der Waals surface area contributed by atoms with E-state index in [1.54, 1.807) is 20.8 Å². The average molecular weight is 410 g/mol. The smallest absolute Gasteiger partial charge is 0.239 e. The van der Waals surface area contributed by atoms with Gasteiger partial charge in [-0.25, -0.2) is 12.8 Å². The predicted octanol–water partition coefficient (Wildman–Crippen LogP) is 0.928. The Hall–Kier alpha value is -1.71. The molecule has 10 heteroatoms. The molecule has 1 unspecified atom stereocenters. The van der Waals surface area contributed by atoms with Gasteiger partial charge in [-0.1, -0.05) is 19.9 Å². The normalized spacial score (nSPS) is 13.5. The summed E-state index contributed by atoms with van der Waals surface area (Å²) in [7, 11) is -3.65. The first-order valence-electron chi connectivity index (χ1n) is 7.75. The number of amides is 2. The first-order chi connectivity index (χ1) is 11.4. The van der Waals surface area contributed by atoms with Crippen molar-refractivity contribution in [2.45, 2.75) is 37.8 Å². The number of carbonyl (C=O) groups excluding carboxylic acids is 2. The highest BCUT2D eigenvalue weighted by Gasteiger charge is 2.19. The van der Waals surface area contributed by atoms with Crippen molar-refractivity contribution in [3.05, 3.63) is 29.6 Å². The summed E-state index contributed by atoms with van der Waals surface area (Å²) < 4.78 is 36.7. The summed E-state index contributed by atoms with van der Waals surface area (Å²) in [6.07, 6.45) is 0.917. The SMILES string of the molecule is CC(NC(=O)CNC(=O)[C@@H](N)C(C)C)c1ccc(S(C)(=O)=O)c(F)c1.Cl. The van der Waals surface area contributed by atoms with Crippen LogP contribution in [-0.4, -0.2) is 39.1 Å². The van der Waals surface area contributed by atoms with Crippen LogP contribution in [0, 0.1) is 11.7 Å². The molecule has 148 valence electrons. The average Bonchev–Trinajstić information content (AvgIpc) is 2.50. The van der Waals surface area contributed by atoms with Gasteiger partial charge in [0.15, 0.2) is 9.84 Å². The number of benzene rings is 1. The Kier molecular flexibility index (Phi) is 9.19. The fraction of sp³-hybridized carbons (Fsp3) is 0.500. The van der Waals surface area contributed by atoms with Crippen molar-refractivity contribution in [3.8, 4) is 0 Å². The molecule has 0 radical (unpaired) electrons. The number of nitrogens with one attached hydrogen (secondary N) is 2. The van der Waals surface area contributed by atoms with Crippen LogP contribution in [0.2, 0.25) is 0 Å². The van der Waals surface area contributed by atoms with Gasteiger partial charge in [0.25, 0.3) is 0 Å². The van der Waals surface area contributed by atoms with Crippen LogP contribution in [0.1, 0.15) is 32.4 Å². The summed E-state index contributed by atoms with van der Waals surface area (Å²) in [5, 5.41) is 5.03. The van der Waals surface area contributed by atoms with E-state index in [4.69, 9.17) is 5.73 Å². The maximum absolute atomic E-state index is 13.9. The second-order valence-electron chi connectivity index (χ2n) is 6.24. The van der Waals surface area contributed by atoms with Crippen molar-refractivity contribution in [1.82, 2.24) is 10.6 Å². The minimum Gasteiger partial charge on any atom is -0.348 e. The number of carbonyl (C=O) groups is 2. The zero-order valence-electron chi connectivity index (χ0n) is 15.1. The lowest BCUT2D eigenvalue weighted by atomic mass is 10.1. The molecule has 1 aromatic rings. The van der Waals surface area contributed by atoms with E-state index in [0.29, 0.717) is 5.56 Å². The lowest BCUT2D eigenvalue weighted by Crippen LogP contribution is -2.47. The van der Waals surface area contributed by atoms with Crippen molar-refractivity contribution in [2.24, 2.45) is 11.7 Å². The van der Waals surface area contributed by atoms with Crippen LogP contribution in [0.4, 0.5) is 4.39 Å². The summed E-state index contributed by atoms with van der Waals surface area (Å²) in [5.41, 5.74) is 6.08. The molecule has 1 aromatic carbocycles. The molecule has 2 amide bonds. The van der Waals surface area contributed by atoms with Crippen LogP contribution in [0.3, 0.4) is 0 Å². The molecular weight excluding hydrogens is 385 g/mol. The quantitative estimate of drug-likeness (QED) is 0.619. The van der Waals surface area contributed by atoms with Gasteiger partial charge in [0, 0.05) is 6.26 Å². The molecule has 7 nitrogen and oxygen atoms in total. The number of rotatable bonds is 7. The third kappa shape index (κ3) is 6.89. The topological polar surface area (TPSA) is 118 Å². The van der Waals surface area contributed by atoms with Gasteiger partial charge in [0.05, 0.1) is 18.6 Å². The standard InChI is InChI=1S/C16H24FN3O4S.ClH/c1-9(2)15(18)16(22)19-8-14(21)20-10(3)11-5-6-13(12(17)7-11)25(4,23)24;/h5-7,9-10,15H,8,18H2,1-4H3,(H,19,22)(H,20,21);1H/t10?,15-;/m0./s1. The van der Waals surface area contributed by atoms with Crippen molar-refractivity contribution in [3.63, 3.8) is 0 Å². The van der Waals surface area contributed by atoms with Gasteiger partial charge in [0.1, 0.15) is 10.7 Å². The Labute approximate surface area is 159 Å². The Balaban J connectivity index is 0.00000625. The zero-order valence-corrected chi connectivity index (χ0v) is 16.7. The van der Waals surface area contributed by atoms with Gasteiger partial charge in [0.2, 0.25) is 11.8 Å². The van der Waals surface area contributed by atoms with Gasteiger partial charge in [-0.2, -0.15) is 0 Å². The molecule has 0 fully saturated rings. The molecule has 0 saturated heterocycles. The van der Waals surface area contributed by atoms with Crippen LogP contribution in [0.15, 0.2) is 23.1 Å². The second kappa shape index (κ2) is 9.84. The monoisotopic (exact) mass is 409 g/mol. The number of hydrogen-bond donors (Lipinski definition) is 3. The third-order valence-electron chi connectivity index (χ3n) is 3.68. The first-order valence-corrected chi connectivity index (χ1v) is 9.64. The predicted molar refractivity (Wildman–Crippen MR) is 99.1 cm³/mol. The minimum atomic E-state index is -3.65. The highest BCUT2D eigenvalue weighted by molar-refractivity contribution is 7.90. The fourth-order valence-corrected chi connectivity index (χ4v) is 2.78. The van der Waals surface area contributed by atoms with E-state index in [2.05, 4.69) is 10.6 Å². The molecule has 0 saturated carbocycles. The van der Waals surface area contributed by atoms with E-state index < -0.39 is 44.4 Å². The molecule has 0 aliphatic rings. The lowest BCUT2D eigenvalue weighted by Gasteiger charge is -2.17. The maximum atomic E-state index is 13.9. The van der Waals surface area contributed by atoms with E-state index in [1.807, 2.05) is 0 Å². The van der Waals surface area contributed by atoms with E-state index in [1.165, 1.54) is 6.07 Å². The molecule has 0 aromatic heterocycles. The molecular formula is C16H25ClFN3O4S. The van der Waals surface area contributed by atoms with Gasteiger partial charge >= 0.3 is 0 Å². The van der Waals surface area contributed by atoms with E-state index in [0.717, 1.165) is 18.4 Å². The Morgan fingerprint density at radius 2 is 1.81 bits per heavy atom. The summed E-state index contributed by atoms with van der Waals surface area (Å²) in [5.74, 6) is -1.83. The zero-order chi connectivity index (χ0) is 19.4. The Bertz CT molecular complexity index is 756.